The summed E-state index contributed by atoms with van der Waals surface area (Å²) in [6.45, 7) is 4.79. The highest BCUT2D eigenvalue weighted by Gasteiger charge is 2.12. The Labute approximate surface area is 168 Å². The van der Waals surface area contributed by atoms with Crippen LogP contribution in [0.3, 0.4) is 0 Å². The standard InChI is InChI=1S/C22H45O4P/c1-3-22(4-2)20-18-16-14-12-10-8-6-5-7-9-11-13-15-17-19-21-26-27(23,24)25/h5-6,22H,3-4,7-21H2,1-2H3,(H2,23,24,25)/b6-5-. The van der Waals surface area contributed by atoms with Gasteiger partial charge in [0.15, 0.2) is 0 Å². The lowest BCUT2D eigenvalue weighted by Crippen LogP contribution is -1.96. The number of unbranched alkanes of at least 4 members (excludes halogenated alkanes) is 11. The zero-order chi connectivity index (χ0) is 20.2. The van der Waals surface area contributed by atoms with Crippen molar-refractivity contribution in [1.82, 2.24) is 0 Å². The average Bonchev–Trinajstić information content (AvgIpc) is 2.63. The van der Waals surface area contributed by atoms with Gasteiger partial charge in [-0.2, -0.15) is 0 Å². The molecule has 0 aromatic carbocycles. The van der Waals surface area contributed by atoms with Crippen LogP contribution in [0.5, 0.6) is 0 Å². The van der Waals surface area contributed by atoms with E-state index in [9.17, 15) is 4.57 Å². The van der Waals surface area contributed by atoms with Gasteiger partial charge in [-0.1, -0.05) is 96.6 Å². The smallest absolute Gasteiger partial charge is 0.303 e. The van der Waals surface area contributed by atoms with Crippen molar-refractivity contribution in [3.05, 3.63) is 12.2 Å². The van der Waals surface area contributed by atoms with Crippen molar-refractivity contribution in [1.29, 1.82) is 0 Å². The van der Waals surface area contributed by atoms with Gasteiger partial charge in [-0.15, -0.1) is 0 Å². The molecule has 0 rings (SSSR count). The summed E-state index contributed by atoms with van der Waals surface area (Å²) < 4.78 is 14.9. The van der Waals surface area contributed by atoms with Crippen LogP contribution in [-0.4, -0.2) is 16.4 Å². The zero-order valence-electron chi connectivity index (χ0n) is 17.9. The number of hydrogen-bond acceptors (Lipinski definition) is 2. The van der Waals surface area contributed by atoms with Crippen LogP contribution < -0.4 is 0 Å². The predicted molar refractivity (Wildman–Crippen MR) is 116 cm³/mol. The van der Waals surface area contributed by atoms with E-state index >= 15 is 0 Å². The second-order valence-electron chi connectivity index (χ2n) is 7.73. The lowest BCUT2D eigenvalue weighted by atomic mass is 9.96. The molecule has 0 saturated carbocycles. The first kappa shape index (κ1) is 26.9. The SMILES string of the molecule is CCC(CC)CCCCCCC/C=C\CCCCCCCCOP(=O)(O)O. The molecule has 2 N–H and O–H groups in total. The largest absolute Gasteiger partial charge is 0.469 e. The highest BCUT2D eigenvalue weighted by atomic mass is 31.2. The minimum absolute atomic E-state index is 0.158. The molecule has 0 spiro atoms. The fraction of sp³-hybridized carbons (Fsp3) is 0.909. The summed E-state index contributed by atoms with van der Waals surface area (Å²) in [7, 11) is -4.27. The molecular weight excluding hydrogens is 359 g/mol. The van der Waals surface area contributed by atoms with Gasteiger partial charge >= 0.3 is 7.82 Å². The molecule has 27 heavy (non-hydrogen) atoms. The van der Waals surface area contributed by atoms with Crippen LogP contribution in [0.2, 0.25) is 0 Å². The molecule has 0 radical (unpaired) electrons. The maximum absolute atomic E-state index is 10.5. The first-order valence-electron chi connectivity index (χ1n) is 11.3. The molecule has 0 saturated heterocycles. The summed E-state index contributed by atoms with van der Waals surface area (Å²) >= 11 is 0. The quantitative estimate of drug-likeness (QED) is 0.125. The Hall–Kier alpha value is -0.150. The van der Waals surface area contributed by atoms with Crippen LogP contribution in [0.4, 0.5) is 0 Å². The molecule has 0 fully saturated rings. The van der Waals surface area contributed by atoms with Crippen molar-refractivity contribution < 1.29 is 18.9 Å². The highest BCUT2D eigenvalue weighted by molar-refractivity contribution is 7.46. The molecule has 0 aliphatic heterocycles. The van der Waals surface area contributed by atoms with Crippen molar-refractivity contribution in [2.75, 3.05) is 6.61 Å². The molecule has 0 atom stereocenters. The van der Waals surface area contributed by atoms with Crippen LogP contribution in [0.25, 0.3) is 0 Å². The second kappa shape index (κ2) is 19.2. The van der Waals surface area contributed by atoms with Crippen molar-refractivity contribution in [3.63, 3.8) is 0 Å². The fourth-order valence-electron chi connectivity index (χ4n) is 3.41. The Morgan fingerprint density at radius 1 is 0.741 bits per heavy atom. The maximum atomic E-state index is 10.5. The van der Waals surface area contributed by atoms with Gasteiger partial charge in [0.2, 0.25) is 0 Å². The fourth-order valence-corrected chi connectivity index (χ4v) is 3.78. The van der Waals surface area contributed by atoms with Gasteiger partial charge in [-0.05, 0) is 38.0 Å². The summed E-state index contributed by atoms with van der Waals surface area (Å²) in [4.78, 5) is 17.1. The monoisotopic (exact) mass is 404 g/mol. The molecule has 5 heteroatoms. The summed E-state index contributed by atoms with van der Waals surface area (Å²) in [5.74, 6) is 0.954. The van der Waals surface area contributed by atoms with Crippen molar-refractivity contribution >= 4 is 7.82 Å². The van der Waals surface area contributed by atoms with Gasteiger partial charge in [0.05, 0.1) is 6.61 Å². The van der Waals surface area contributed by atoms with E-state index in [4.69, 9.17) is 9.79 Å². The molecule has 0 amide bonds. The molecule has 162 valence electrons. The van der Waals surface area contributed by atoms with Crippen LogP contribution in [0, 0.1) is 5.92 Å². The Balaban J connectivity index is 3.20. The van der Waals surface area contributed by atoms with E-state index in [0.717, 1.165) is 25.2 Å². The Bertz CT molecular complexity index is 375. The van der Waals surface area contributed by atoms with E-state index in [1.165, 1.54) is 83.5 Å². The molecule has 0 aliphatic rings. The number of phosphoric ester groups is 1. The predicted octanol–water partition coefficient (Wildman–Crippen LogP) is 7.55. The van der Waals surface area contributed by atoms with Gasteiger partial charge in [0.1, 0.15) is 0 Å². The molecule has 4 nitrogen and oxygen atoms in total. The van der Waals surface area contributed by atoms with E-state index in [2.05, 4.69) is 30.5 Å². The van der Waals surface area contributed by atoms with Crippen LogP contribution >= 0.6 is 7.82 Å². The lowest BCUT2D eigenvalue weighted by Gasteiger charge is -2.11. The third kappa shape index (κ3) is 22.0. The van der Waals surface area contributed by atoms with Crippen LogP contribution in [0.1, 0.15) is 117 Å². The Morgan fingerprint density at radius 2 is 1.19 bits per heavy atom. The molecule has 0 aromatic rings. The van der Waals surface area contributed by atoms with Crippen LogP contribution in [-0.2, 0) is 9.09 Å². The molecule has 0 heterocycles. The van der Waals surface area contributed by atoms with E-state index in [1.54, 1.807) is 0 Å². The minimum Gasteiger partial charge on any atom is -0.303 e. The third-order valence-corrected chi connectivity index (χ3v) is 5.85. The van der Waals surface area contributed by atoms with Gasteiger partial charge in [0.25, 0.3) is 0 Å². The van der Waals surface area contributed by atoms with Gasteiger partial charge in [-0.25, -0.2) is 4.57 Å². The molecular formula is C22H45O4P. The number of hydrogen-bond donors (Lipinski definition) is 2. The van der Waals surface area contributed by atoms with Crippen molar-refractivity contribution in [2.45, 2.75) is 117 Å². The Morgan fingerprint density at radius 3 is 1.67 bits per heavy atom. The highest BCUT2D eigenvalue weighted by Crippen LogP contribution is 2.35. The number of allylic oxidation sites excluding steroid dienone is 2. The van der Waals surface area contributed by atoms with Gasteiger partial charge in [-0.3, -0.25) is 4.52 Å². The van der Waals surface area contributed by atoms with Crippen LogP contribution in [0.15, 0.2) is 12.2 Å². The Kier molecular flexibility index (Phi) is 19.1. The molecule has 0 unspecified atom stereocenters. The third-order valence-electron chi connectivity index (χ3n) is 5.33. The van der Waals surface area contributed by atoms with E-state index in [-0.39, 0.29) is 6.61 Å². The number of phosphoric acid groups is 1. The maximum Gasteiger partial charge on any atom is 0.469 e. The topological polar surface area (TPSA) is 66.8 Å². The minimum atomic E-state index is -4.27. The molecule has 0 aromatic heterocycles. The summed E-state index contributed by atoms with van der Waals surface area (Å²) in [5.41, 5.74) is 0. The van der Waals surface area contributed by atoms with Crippen molar-refractivity contribution in [2.24, 2.45) is 5.92 Å². The molecule has 0 bridgehead atoms. The normalized spacial score (nSPS) is 12.5. The van der Waals surface area contributed by atoms with Gasteiger partial charge in [0, 0.05) is 0 Å². The second-order valence-corrected chi connectivity index (χ2v) is 8.97. The lowest BCUT2D eigenvalue weighted by molar-refractivity contribution is 0.193. The van der Waals surface area contributed by atoms with E-state index in [0.29, 0.717) is 0 Å². The molecule has 0 aliphatic carbocycles. The number of rotatable bonds is 20. The van der Waals surface area contributed by atoms with Crippen molar-refractivity contribution in [3.8, 4) is 0 Å². The first-order valence-corrected chi connectivity index (χ1v) is 12.9. The van der Waals surface area contributed by atoms with Gasteiger partial charge < -0.3 is 9.79 Å². The van der Waals surface area contributed by atoms with E-state index < -0.39 is 7.82 Å². The summed E-state index contributed by atoms with van der Waals surface area (Å²) in [6, 6.07) is 0. The van der Waals surface area contributed by atoms with E-state index in [1.807, 2.05) is 0 Å². The summed E-state index contributed by atoms with van der Waals surface area (Å²) in [5, 5.41) is 0. The average molecular weight is 405 g/mol. The zero-order valence-corrected chi connectivity index (χ0v) is 18.8. The first-order chi connectivity index (χ1) is 13.0. The summed E-state index contributed by atoms with van der Waals surface area (Å²) in [6.07, 6.45) is 24.6.